The molecule has 0 aromatic carbocycles. The molecule has 0 atom stereocenters. The highest BCUT2D eigenvalue weighted by atomic mass is 32.2. The average Bonchev–Trinajstić information content (AvgIpc) is 2.63. The first kappa shape index (κ1) is 13.0. The summed E-state index contributed by atoms with van der Waals surface area (Å²) in [5.74, 6) is -1.14. The lowest BCUT2D eigenvalue weighted by Gasteiger charge is -2.09. The number of sulfone groups is 1. The van der Waals surface area contributed by atoms with E-state index in [1.54, 1.807) is 0 Å². The van der Waals surface area contributed by atoms with Gasteiger partial charge in [-0.2, -0.15) is 13.2 Å². The lowest BCUT2D eigenvalue weighted by molar-refractivity contribution is -0.136. The molecule has 0 saturated carbocycles. The molecule has 1 rings (SSSR count). The Morgan fingerprint density at radius 2 is 1.94 bits per heavy atom. The van der Waals surface area contributed by atoms with Crippen LogP contribution in [0.5, 0.6) is 0 Å². The molecule has 0 amide bonds. The Kier molecular flexibility index (Phi) is 3.29. The van der Waals surface area contributed by atoms with Crippen LogP contribution in [-0.2, 0) is 24.1 Å². The first-order valence-corrected chi connectivity index (χ1v) is 5.39. The molecule has 92 valence electrons. The van der Waals surface area contributed by atoms with Crippen molar-refractivity contribution in [3.63, 3.8) is 0 Å². The molecule has 0 spiro atoms. The van der Waals surface area contributed by atoms with Gasteiger partial charge in [-0.15, -0.1) is 0 Å². The van der Waals surface area contributed by atoms with Gasteiger partial charge in [-0.1, -0.05) is 0 Å². The molecule has 0 bridgehead atoms. The van der Waals surface area contributed by atoms with Crippen LogP contribution in [0.3, 0.4) is 0 Å². The normalized spacial score (nSPS) is 17.8. The van der Waals surface area contributed by atoms with Crippen LogP contribution in [0.2, 0.25) is 0 Å². The molecule has 1 heterocycles. The quantitative estimate of drug-likeness (QED) is 0.671. The number of halogens is 3. The Balaban J connectivity index is 3.27. The lowest BCUT2D eigenvalue weighted by Crippen LogP contribution is -2.27. The van der Waals surface area contributed by atoms with Gasteiger partial charge in [0, 0.05) is 0 Å². The maximum Gasteiger partial charge on any atom is 0.501 e. The van der Waals surface area contributed by atoms with Crippen LogP contribution in [0.1, 0.15) is 0 Å². The Morgan fingerprint density at radius 3 is 2.38 bits per heavy atom. The fraction of sp³-hybridized carbons (Fsp3) is 0.571. The summed E-state index contributed by atoms with van der Waals surface area (Å²) < 4.78 is 67.3. The molecule has 0 saturated heterocycles. The van der Waals surface area contributed by atoms with Gasteiger partial charge in [0.05, 0.1) is 30.8 Å². The molecule has 0 aromatic heterocycles. The molecule has 1 aliphatic heterocycles. The largest absolute Gasteiger partial charge is 0.501 e. The SMILES string of the molecule is COC(=O)C1=C(S(=O)(=O)C(F)(F)F)COC1. The average molecular weight is 260 g/mol. The summed E-state index contributed by atoms with van der Waals surface area (Å²) in [5, 5.41) is 0. The number of esters is 1. The molecule has 1 aliphatic rings. The van der Waals surface area contributed by atoms with Gasteiger partial charge in [-0.3, -0.25) is 0 Å². The van der Waals surface area contributed by atoms with Crippen molar-refractivity contribution >= 4 is 15.8 Å². The van der Waals surface area contributed by atoms with Gasteiger partial charge < -0.3 is 9.47 Å². The molecule has 0 aliphatic carbocycles. The highest BCUT2D eigenvalue weighted by molar-refractivity contribution is 7.96. The van der Waals surface area contributed by atoms with E-state index in [0.717, 1.165) is 7.11 Å². The first-order valence-electron chi connectivity index (χ1n) is 3.91. The van der Waals surface area contributed by atoms with Crippen LogP contribution >= 0.6 is 0 Å². The molecule has 5 nitrogen and oxygen atoms in total. The summed E-state index contributed by atoms with van der Waals surface area (Å²) in [5.41, 5.74) is -6.06. The Bertz CT molecular complexity index is 433. The summed E-state index contributed by atoms with van der Waals surface area (Å²) in [6.07, 6.45) is 0. The van der Waals surface area contributed by atoms with Crippen molar-refractivity contribution in [3.8, 4) is 0 Å². The minimum absolute atomic E-state index is 0.503. The van der Waals surface area contributed by atoms with E-state index in [1.165, 1.54) is 0 Å². The second-order valence-corrected chi connectivity index (χ2v) is 4.80. The van der Waals surface area contributed by atoms with Crippen molar-refractivity contribution in [1.82, 2.24) is 0 Å². The molecule has 16 heavy (non-hydrogen) atoms. The van der Waals surface area contributed by atoms with Gasteiger partial charge in [0.1, 0.15) is 0 Å². The van der Waals surface area contributed by atoms with Crippen LogP contribution in [0.25, 0.3) is 0 Å². The predicted molar refractivity (Wildman–Crippen MR) is 44.8 cm³/mol. The fourth-order valence-corrected chi connectivity index (χ4v) is 2.07. The van der Waals surface area contributed by atoms with Crippen LogP contribution in [0.15, 0.2) is 10.5 Å². The number of methoxy groups -OCH3 is 1. The van der Waals surface area contributed by atoms with E-state index in [9.17, 15) is 26.4 Å². The molecule has 9 heteroatoms. The lowest BCUT2D eigenvalue weighted by atomic mass is 10.3. The summed E-state index contributed by atoms with van der Waals surface area (Å²) >= 11 is 0. The molecule has 0 unspecified atom stereocenters. The number of rotatable bonds is 2. The van der Waals surface area contributed by atoms with E-state index in [-0.39, 0.29) is 0 Å². The van der Waals surface area contributed by atoms with Crippen molar-refractivity contribution < 1.29 is 35.9 Å². The monoisotopic (exact) mass is 260 g/mol. The second-order valence-electron chi connectivity index (χ2n) is 2.84. The van der Waals surface area contributed by atoms with Gasteiger partial charge in [0.15, 0.2) is 0 Å². The minimum Gasteiger partial charge on any atom is -0.466 e. The van der Waals surface area contributed by atoms with Crippen LogP contribution in [0.4, 0.5) is 13.2 Å². The smallest absolute Gasteiger partial charge is 0.466 e. The van der Waals surface area contributed by atoms with Crippen molar-refractivity contribution in [3.05, 3.63) is 10.5 Å². The van der Waals surface area contributed by atoms with E-state index in [2.05, 4.69) is 9.47 Å². The van der Waals surface area contributed by atoms with Crippen LogP contribution in [-0.4, -0.2) is 40.2 Å². The Labute approximate surface area is 88.7 Å². The third-order valence-electron chi connectivity index (χ3n) is 1.88. The van der Waals surface area contributed by atoms with E-state index in [4.69, 9.17) is 0 Å². The molecule has 0 N–H and O–H groups in total. The van der Waals surface area contributed by atoms with Gasteiger partial charge in [-0.05, 0) is 0 Å². The third-order valence-corrected chi connectivity index (χ3v) is 3.50. The zero-order valence-electron chi connectivity index (χ0n) is 8.00. The van der Waals surface area contributed by atoms with Gasteiger partial charge in [0.25, 0.3) is 9.84 Å². The third kappa shape index (κ3) is 2.05. The highest BCUT2D eigenvalue weighted by Crippen LogP contribution is 2.33. The van der Waals surface area contributed by atoms with E-state index >= 15 is 0 Å². The van der Waals surface area contributed by atoms with E-state index in [0.29, 0.717) is 0 Å². The van der Waals surface area contributed by atoms with Crippen LogP contribution in [0, 0.1) is 0 Å². The molecular weight excluding hydrogens is 253 g/mol. The van der Waals surface area contributed by atoms with Crippen molar-refractivity contribution in [2.24, 2.45) is 0 Å². The molecule has 0 radical (unpaired) electrons. The minimum atomic E-state index is -5.53. The summed E-state index contributed by atoms with van der Waals surface area (Å²) in [7, 11) is -4.59. The van der Waals surface area contributed by atoms with E-state index in [1.807, 2.05) is 0 Å². The Morgan fingerprint density at radius 1 is 1.38 bits per heavy atom. The zero-order valence-corrected chi connectivity index (χ0v) is 8.81. The summed E-state index contributed by atoms with van der Waals surface area (Å²) in [6, 6.07) is 0. The number of hydrogen-bond donors (Lipinski definition) is 0. The van der Waals surface area contributed by atoms with Gasteiger partial charge >= 0.3 is 11.5 Å². The number of alkyl halides is 3. The fourth-order valence-electron chi connectivity index (χ4n) is 1.09. The molecule has 0 aromatic rings. The topological polar surface area (TPSA) is 69.7 Å². The number of carbonyl (C=O) groups is 1. The maximum atomic E-state index is 12.2. The van der Waals surface area contributed by atoms with E-state index < -0.39 is 45.0 Å². The summed E-state index contributed by atoms with van der Waals surface area (Å²) in [6.45, 7) is -1.27. The maximum absolute atomic E-state index is 12.2. The number of hydrogen-bond acceptors (Lipinski definition) is 5. The van der Waals surface area contributed by atoms with Crippen molar-refractivity contribution in [2.45, 2.75) is 5.51 Å². The van der Waals surface area contributed by atoms with Crippen molar-refractivity contribution in [1.29, 1.82) is 0 Å². The zero-order chi connectivity index (χ0) is 12.6. The van der Waals surface area contributed by atoms with Crippen molar-refractivity contribution in [2.75, 3.05) is 20.3 Å². The molecule has 0 fully saturated rings. The standard InChI is InChI=1S/C7H7F3O5S/c1-14-6(11)4-2-15-3-5(4)16(12,13)7(8,9)10/h2-3H2,1H3. The van der Waals surface area contributed by atoms with Crippen LogP contribution < -0.4 is 0 Å². The molecular formula is C7H7F3O5S. The predicted octanol–water partition coefficient (Wildman–Crippen LogP) is 0.378. The Hall–Kier alpha value is -1.09. The second kappa shape index (κ2) is 4.06. The number of ether oxygens (including phenoxy) is 2. The first-order chi connectivity index (χ1) is 7.21. The summed E-state index contributed by atoms with van der Waals surface area (Å²) in [4.78, 5) is 9.93. The number of carbonyl (C=O) groups excluding carboxylic acids is 1. The van der Waals surface area contributed by atoms with Gasteiger partial charge in [-0.25, -0.2) is 13.2 Å². The highest BCUT2D eigenvalue weighted by Gasteiger charge is 2.51. The van der Waals surface area contributed by atoms with Gasteiger partial charge in [0.2, 0.25) is 0 Å².